The van der Waals surface area contributed by atoms with Crippen molar-refractivity contribution < 1.29 is 8.42 Å². The van der Waals surface area contributed by atoms with Crippen LogP contribution in [0.4, 0.5) is 0 Å². The summed E-state index contributed by atoms with van der Waals surface area (Å²) in [4.78, 5) is 0. The van der Waals surface area contributed by atoms with Gasteiger partial charge in [-0.15, -0.1) is 0 Å². The highest BCUT2D eigenvalue weighted by atomic mass is 32.2. The second-order valence-electron chi connectivity index (χ2n) is 4.31. The maximum Gasteiger partial charge on any atom is 0.152 e. The molecule has 1 aliphatic heterocycles. The number of hydrogen-bond donors (Lipinski definition) is 1. The predicted octanol–water partition coefficient (Wildman–Crippen LogP) is 1.29. The zero-order valence-electron chi connectivity index (χ0n) is 9.47. The zero-order chi connectivity index (χ0) is 11.9. The summed E-state index contributed by atoms with van der Waals surface area (Å²) in [5.41, 5.74) is 3.12. The molecule has 0 N–H and O–H groups in total. The molecule has 6 heteroatoms. The Hall–Kier alpha value is -0.490. The van der Waals surface area contributed by atoms with Gasteiger partial charge < -0.3 is 0 Å². The number of sulfone groups is 1. The number of rotatable bonds is 2. The monoisotopic (exact) mass is 260 g/mol. The van der Waals surface area contributed by atoms with Crippen molar-refractivity contribution in [1.29, 1.82) is 0 Å². The van der Waals surface area contributed by atoms with E-state index in [0.29, 0.717) is 12.2 Å². The summed E-state index contributed by atoms with van der Waals surface area (Å²) in [5, 5.41) is 4.43. The van der Waals surface area contributed by atoms with Gasteiger partial charge in [-0.2, -0.15) is 17.7 Å². The van der Waals surface area contributed by atoms with Gasteiger partial charge in [0.25, 0.3) is 0 Å². The predicted molar refractivity (Wildman–Crippen MR) is 66.7 cm³/mol. The molecule has 1 fully saturated rings. The molecule has 2 rings (SSSR count). The first kappa shape index (κ1) is 12.0. The van der Waals surface area contributed by atoms with Crippen molar-refractivity contribution in [2.75, 3.05) is 11.5 Å². The van der Waals surface area contributed by atoms with E-state index in [2.05, 4.69) is 17.7 Å². The molecule has 4 nitrogen and oxygen atoms in total. The van der Waals surface area contributed by atoms with Gasteiger partial charge in [-0.3, -0.25) is 4.68 Å². The van der Waals surface area contributed by atoms with Crippen molar-refractivity contribution in [2.45, 2.75) is 32.1 Å². The Morgan fingerprint density at radius 2 is 2.19 bits per heavy atom. The first-order valence-electron chi connectivity index (χ1n) is 5.30. The average molecular weight is 260 g/mol. The molecule has 1 aliphatic rings. The normalized spacial score (nSPS) is 23.8. The Morgan fingerprint density at radius 3 is 2.62 bits per heavy atom. The van der Waals surface area contributed by atoms with Gasteiger partial charge >= 0.3 is 0 Å². The van der Waals surface area contributed by atoms with E-state index in [4.69, 9.17) is 0 Å². The molecule has 90 valence electrons. The van der Waals surface area contributed by atoms with Crippen LogP contribution in [-0.2, 0) is 15.6 Å². The lowest BCUT2D eigenvalue weighted by molar-refractivity contribution is 0.485. The van der Waals surface area contributed by atoms with E-state index >= 15 is 0 Å². The zero-order valence-corrected chi connectivity index (χ0v) is 11.2. The van der Waals surface area contributed by atoms with Crippen molar-refractivity contribution in [2.24, 2.45) is 0 Å². The van der Waals surface area contributed by atoms with E-state index in [9.17, 15) is 8.42 Å². The largest absolute Gasteiger partial charge is 0.265 e. The van der Waals surface area contributed by atoms with Crippen LogP contribution < -0.4 is 0 Å². The van der Waals surface area contributed by atoms with Crippen LogP contribution in [0.1, 0.15) is 29.4 Å². The lowest BCUT2D eigenvalue weighted by Crippen LogP contribution is -2.14. The number of aromatic nitrogens is 2. The Morgan fingerprint density at radius 1 is 1.50 bits per heavy atom. The van der Waals surface area contributed by atoms with Crippen LogP contribution in [0.2, 0.25) is 0 Å². The molecule has 16 heavy (non-hydrogen) atoms. The Kier molecular flexibility index (Phi) is 3.05. The first-order chi connectivity index (χ1) is 7.44. The summed E-state index contributed by atoms with van der Waals surface area (Å²) in [6.45, 7) is 3.93. The van der Waals surface area contributed by atoms with Crippen LogP contribution in [0.15, 0.2) is 0 Å². The van der Waals surface area contributed by atoms with E-state index in [1.807, 2.05) is 18.5 Å². The lowest BCUT2D eigenvalue weighted by Gasteiger charge is -2.11. The van der Waals surface area contributed by atoms with E-state index in [0.717, 1.165) is 17.0 Å². The fraction of sp³-hybridized carbons (Fsp3) is 0.700. The van der Waals surface area contributed by atoms with Gasteiger partial charge in [-0.25, -0.2) is 8.42 Å². The van der Waals surface area contributed by atoms with Crippen LogP contribution in [0.3, 0.4) is 0 Å². The van der Waals surface area contributed by atoms with Gasteiger partial charge in [0.15, 0.2) is 9.84 Å². The third-order valence-electron chi connectivity index (χ3n) is 3.19. The summed E-state index contributed by atoms with van der Waals surface area (Å²) in [6, 6.07) is 0.0114. The molecule has 0 aromatic carbocycles. The minimum atomic E-state index is -2.85. The molecule has 0 aliphatic carbocycles. The van der Waals surface area contributed by atoms with Crippen molar-refractivity contribution in [1.82, 2.24) is 9.78 Å². The fourth-order valence-electron chi connectivity index (χ4n) is 2.25. The molecule has 1 unspecified atom stereocenters. The topological polar surface area (TPSA) is 52.0 Å². The lowest BCUT2D eigenvalue weighted by atomic mass is 10.2. The third kappa shape index (κ3) is 2.00. The Bertz CT molecular complexity index is 505. The highest BCUT2D eigenvalue weighted by molar-refractivity contribution is 7.91. The third-order valence-corrected chi connectivity index (χ3v) is 5.25. The summed E-state index contributed by atoms with van der Waals surface area (Å²) in [7, 11) is -2.85. The minimum Gasteiger partial charge on any atom is -0.265 e. The quantitative estimate of drug-likeness (QED) is 0.815. The highest BCUT2D eigenvalue weighted by Gasteiger charge is 2.31. The van der Waals surface area contributed by atoms with E-state index < -0.39 is 9.84 Å². The van der Waals surface area contributed by atoms with Crippen LogP contribution >= 0.6 is 12.6 Å². The molecule has 0 radical (unpaired) electrons. The maximum absolute atomic E-state index is 11.4. The van der Waals surface area contributed by atoms with Gasteiger partial charge in [0.1, 0.15) is 0 Å². The molecule has 0 amide bonds. The van der Waals surface area contributed by atoms with Gasteiger partial charge in [0.2, 0.25) is 0 Å². The highest BCUT2D eigenvalue weighted by Crippen LogP contribution is 2.27. The fourth-order valence-corrected chi connectivity index (χ4v) is 4.40. The van der Waals surface area contributed by atoms with Crippen LogP contribution in [0.25, 0.3) is 0 Å². The smallest absolute Gasteiger partial charge is 0.152 e. The number of aryl methyl sites for hydroxylation is 1. The van der Waals surface area contributed by atoms with Gasteiger partial charge in [0, 0.05) is 17.0 Å². The SMILES string of the molecule is Cc1nn(C2CCS(=O)(=O)C2)c(C)c1CS. The van der Waals surface area contributed by atoms with E-state index in [-0.39, 0.29) is 17.5 Å². The molecular weight excluding hydrogens is 244 g/mol. The molecule has 1 aromatic rings. The summed E-state index contributed by atoms with van der Waals surface area (Å²) >= 11 is 4.27. The van der Waals surface area contributed by atoms with Crippen LogP contribution in [0.5, 0.6) is 0 Å². The molecule has 0 spiro atoms. The molecule has 2 heterocycles. The van der Waals surface area contributed by atoms with Crippen molar-refractivity contribution in [3.63, 3.8) is 0 Å². The minimum absolute atomic E-state index is 0.0114. The molecule has 0 saturated carbocycles. The molecule has 1 aromatic heterocycles. The second kappa shape index (κ2) is 4.07. The average Bonchev–Trinajstić information content (AvgIpc) is 2.68. The van der Waals surface area contributed by atoms with Gasteiger partial charge in [-0.05, 0) is 20.3 Å². The van der Waals surface area contributed by atoms with Crippen molar-refractivity contribution in [3.05, 3.63) is 17.0 Å². The summed E-state index contributed by atoms with van der Waals surface area (Å²) < 4.78 is 24.7. The Labute approximate surface area is 101 Å². The van der Waals surface area contributed by atoms with Crippen LogP contribution in [0, 0.1) is 13.8 Å². The maximum atomic E-state index is 11.4. The van der Waals surface area contributed by atoms with Crippen molar-refractivity contribution >= 4 is 22.5 Å². The number of thiol groups is 1. The van der Waals surface area contributed by atoms with Gasteiger partial charge in [0.05, 0.1) is 23.2 Å². The summed E-state index contributed by atoms with van der Waals surface area (Å²) in [5.74, 6) is 1.16. The second-order valence-corrected chi connectivity index (χ2v) is 6.85. The molecule has 1 saturated heterocycles. The Balaban J connectivity index is 2.36. The number of hydrogen-bond acceptors (Lipinski definition) is 4. The van der Waals surface area contributed by atoms with Gasteiger partial charge in [-0.1, -0.05) is 0 Å². The molecular formula is C10H16N2O2S2. The van der Waals surface area contributed by atoms with E-state index in [1.54, 1.807) is 0 Å². The molecule has 0 bridgehead atoms. The van der Waals surface area contributed by atoms with Crippen LogP contribution in [-0.4, -0.2) is 29.7 Å². The first-order valence-corrected chi connectivity index (χ1v) is 7.76. The summed E-state index contributed by atoms with van der Waals surface area (Å²) in [6.07, 6.45) is 0.677. The molecule has 1 atom stereocenters. The van der Waals surface area contributed by atoms with Crippen molar-refractivity contribution in [3.8, 4) is 0 Å². The standard InChI is InChI=1S/C10H16N2O2S2/c1-7-10(5-15)8(2)12(11-7)9-3-4-16(13,14)6-9/h9,15H,3-6H2,1-2H3. The van der Waals surface area contributed by atoms with E-state index in [1.165, 1.54) is 0 Å². The number of nitrogens with zero attached hydrogens (tertiary/aromatic N) is 2.